The topological polar surface area (TPSA) is 138 Å². The highest BCUT2D eigenvalue weighted by Gasteiger charge is 2.41. The van der Waals surface area contributed by atoms with Gasteiger partial charge in [0.25, 0.3) is 5.91 Å². The summed E-state index contributed by atoms with van der Waals surface area (Å²) >= 11 is 0. The van der Waals surface area contributed by atoms with Gasteiger partial charge in [0, 0.05) is 31.5 Å². The number of amides is 3. The predicted octanol–water partition coefficient (Wildman–Crippen LogP) is 1.12. The van der Waals surface area contributed by atoms with Gasteiger partial charge in [0.1, 0.15) is 11.8 Å². The lowest BCUT2D eigenvalue weighted by Gasteiger charge is -2.28. The SMILES string of the molecule is CO[C@@H]1CCN(C(=O)CNc2ccccc2C(=N)C(N)=O)[C@@H]1C(=O)NCCC(C)(C)C. The molecule has 2 atom stereocenters. The number of nitrogens with two attached hydrogens (primary N) is 1. The molecule has 1 aliphatic heterocycles. The number of hydrogen-bond donors (Lipinski definition) is 4. The third-order valence-electron chi connectivity index (χ3n) is 5.28. The predicted molar refractivity (Wildman–Crippen MR) is 119 cm³/mol. The van der Waals surface area contributed by atoms with Gasteiger partial charge in [0.15, 0.2) is 0 Å². The monoisotopic (exact) mass is 431 g/mol. The third kappa shape index (κ3) is 6.52. The third-order valence-corrected chi connectivity index (χ3v) is 5.28. The van der Waals surface area contributed by atoms with Crippen LogP contribution in [0.15, 0.2) is 24.3 Å². The van der Waals surface area contributed by atoms with E-state index in [4.69, 9.17) is 15.9 Å². The maximum Gasteiger partial charge on any atom is 0.267 e. The fourth-order valence-electron chi connectivity index (χ4n) is 3.53. The van der Waals surface area contributed by atoms with E-state index < -0.39 is 11.9 Å². The number of rotatable bonds is 9. The van der Waals surface area contributed by atoms with Gasteiger partial charge in [0.05, 0.1) is 12.6 Å². The molecule has 0 radical (unpaired) electrons. The van der Waals surface area contributed by atoms with Crippen molar-refractivity contribution in [3.05, 3.63) is 29.8 Å². The van der Waals surface area contributed by atoms with Gasteiger partial charge in [-0.3, -0.25) is 19.8 Å². The lowest BCUT2D eigenvalue weighted by molar-refractivity contribution is -0.139. The number of nitrogens with one attached hydrogen (secondary N) is 3. The molecule has 9 heteroatoms. The Kier molecular flexibility index (Phi) is 8.15. The van der Waals surface area contributed by atoms with E-state index in [1.54, 1.807) is 24.3 Å². The fraction of sp³-hybridized carbons (Fsp3) is 0.545. The van der Waals surface area contributed by atoms with Crippen molar-refractivity contribution in [2.75, 3.05) is 32.1 Å². The number of carbonyl (C=O) groups excluding carboxylic acids is 3. The Balaban J connectivity index is 2.06. The molecule has 0 spiro atoms. The van der Waals surface area contributed by atoms with Crippen LogP contribution < -0.4 is 16.4 Å². The minimum Gasteiger partial charge on any atom is -0.379 e. The van der Waals surface area contributed by atoms with Crippen molar-refractivity contribution in [1.82, 2.24) is 10.2 Å². The van der Waals surface area contributed by atoms with Crippen molar-refractivity contribution in [1.29, 1.82) is 5.41 Å². The zero-order valence-corrected chi connectivity index (χ0v) is 18.7. The van der Waals surface area contributed by atoms with Crippen molar-refractivity contribution in [3.63, 3.8) is 0 Å². The van der Waals surface area contributed by atoms with E-state index in [-0.39, 0.29) is 35.6 Å². The number of hydrogen-bond acceptors (Lipinski definition) is 6. The number of anilines is 1. The minimum atomic E-state index is -0.852. The van der Waals surface area contributed by atoms with E-state index in [9.17, 15) is 14.4 Å². The fourth-order valence-corrected chi connectivity index (χ4v) is 3.53. The van der Waals surface area contributed by atoms with E-state index in [2.05, 4.69) is 31.4 Å². The number of primary amides is 1. The molecular weight excluding hydrogens is 398 g/mol. The number of para-hydroxylation sites is 1. The van der Waals surface area contributed by atoms with Crippen LogP contribution in [0.2, 0.25) is 0 Å². The maximum atomic E-state index is 12.9. The summed E-state index contributed by atoms with van der Waals surface area (Å²) in [4.78, 5) is 38.6. The highest BCUT2D eigenvalue weighted by atomic mass is 16.5. The van der Waals surface area contributed by atoms with E-state index in [1.807, 2.05) is 0 Å². The lowest BCUT2D eigenvalue weighted by atomic mass is 9.92. The van der Waals surface area contributed by atoms with Crippen molar-refractivity contribution >= 4 is 29.1 Å². The van der Waals surface area contributed by atoms with E-state index in [1.165, 1.54) is 12.0 Å². The first-order chi connectivity index (χ1) is 14.5. The summed E-state index contributed by atoms with van der Waals surface area (Å²) in [5.41, 5.74) is 5.74. The molecule has 3 amide bonds. The molecule has 1 saturated heterocycles. The smallest absolute Gasteiger partial charge is 0.267 e. The van der Waals surface area contributed by atoms with E-state index in [0.717, 1.165) is 6.42 Å². The summed E-state index contributed by atoms with van der Waals surface area (Å²) in [5.74, 6) is -1.34. The summed E-state index contributed by atoms with van der Waals surface area (Å²) in [6.07, 6.45) is 1.03. The molecule has 31 heavy (non-hydrogen) atoms. The van der Waals surface area contributed by atoms with Gasteiger partial charge in [-0.15, -0.1) is 0 Å². The zero-order chi connectivity index (χ0) is 23.2. The van der Waals surface area contributed by atoms with Crippen LogP contribution in [0.3, 0.4) is 0 Å². The second kappa shape index (κ2) is 10.4. The number of nitrogens with zero attached hydrogens (tertiary/aromatic N) is 1. The largest absolute Gasteiger partial charge is 0.379 e. The second-order valence-corrected chi connectivity index (χ2v) is 8.83. The molecule has 0 bridgehead atoms. The van der Waals surface area contributed by atoms with E-state index >= 15 is 0 Å². The molecule has 0 aromatic heterocycles. The number of carbonyl (C=O) groups is 3. The maximum absolute atomic E-state index is 12.9. The molecular formula is C22H33N5O4. The molecule has 1 fully saturated rings. The standard InChI is InChI=1S/C22H33N5O4/c1-22(2,3)10-11-25-21(30)19-16(31-4)9-12-27(19)17(28)13-26-15-8-6-5-7-14(15)18(23)20(24)29/h5-8,16,19,23,26H,9-13H2,1-4H3,(H2,24,29)(H,25,30)/t16-,19+/m1/s1. The van der Waals surface area contributed by atoms with Gasteiger partial charge in [-0.05, 0) is 24.3 Å². The average Bonchev–Trinajstić information content (AvgIpc) is 3.15. The van der Waals surface area contributed by atoms with Gasteiger partial charge < -0.3 is 26.0 Å². The number of ether oxygens (including phenoxy) is 1. The Morgan fingerprint density at radius 3 is 2.55 bits per heavy atom. The summed E-state index contributed by atoms with van der Waals surface area (Å²) in [5, 5.41) is 13.7. The van der Waals surface area contributed by atoms with Crippen molar-refractivity contribution in [2.24, 2.45) is 11.1 Å². The molecule has 5 N–H and O–H groups in total. The van der Waals surface area contributed by atoms with Gasteiger partial charge in [-0.25, -0.2) is 0 Å². The van der Waals surface area contributed by atoms with Crippen LogP contribution in [-0.4, -0.2) is 67.2 Å². The van der Waals surface area contributed by atoms with Gasteiger partial charge in [-0.2, -0.15) is 0 Å². The zero-order valence-electron chi connectivity index (χ0n) is 18.7. The summed E-state index contributed by atoms with van der Waals surface area (Å²) in [7, 11) is 1.54. The normalized spacial score (nSPS) is 18.5. The van der Waals surface area contributed by atoms with Crippen LogP contribution in [-0.2, 0) is 19.1 Å². The second-order valence-electron chi connectivity index (χ2n) is 8.83. The molecule has 1 aromatic carbocycles. The highest BCUT2D eigenvalue weighted by molar-refractivity contribution is 6.44. The molecule has 0 aliphatic carbocycles. The Morgan fingerprint density at radius 1 is 1.26 bits per heavy atom. The van der Waals surface area contributed by atoms with Crippen molar-refractivity contribution in [3.8, 4) is 0 Å². The van der Waals surface area contributed by atoms with Crippen molar-refractivity contribution < 1.29 is 19.1 Å². The number of methoxy groups -OCH3 is 1. The molecule has 0 saturated carbocycles. The lowest BCUT2D eigenvalue weighted by Crippen LogP contribution is -2.52. The highest BCUT2D eigenvalue weighted by Crippen LogP contribution is 2.23. The van der Waals surface area contributed by atoms with Crippen LogP contribution >= 0.6 is 0 Å². The molecule has 1 heterocycles. The molecule has 0 unspecified atom stereocenters. The first kappa shape index (κ1) is 24.3. The molecule has 170 valence electrons. The van der Waals surface area contributed by atoms with Gasteiger partial charge in [-0.1, -0.05) is 39.0 Å². The quantitative estimate of drug-likeness (QED) is 0.434. The Labute approximate surface area is 183 Å². The molecule has 2 rings (SSSR count). The van der Waals surface area contributed by atoms with Crippen LogP contribution in [0, 0.1) is 10.8 Å². The molecule has 9 nitrogen and oxygen atoms in total. The van der Waals surface area contributed by atoms with Gasteiger partial charge >= 0.3 is 0 Å². The van der Waals surface area contributed by atoms with Crippen LogP contribution in [0.1, 0.15) is 39.2 Å². The van der Waals surface area contributed by atoms with Gasteiger partial charge in [0.2, 0.25) is 11.8 Å². The van der Waals surface area contributed by atoms with E-state index in [0.29, 0.717) is 30.8 Å². The van der Waals surface area contributed by atoms with Crippen LogP contribution in [0.25, 0.3) is 0 Å². The summed E-state index contributed by atoms with van der Waals surface area (Å²) in [6.45, 7) is 7.15. The van der Waals surface area contributed by atoms with Crippen molar-refractivity contribution in [2.45, 2.75) is 45.8 Å². The van der Waals surface area contributed by atoms with Crippen LogP contribution in [0.5, 0.6) is 0 Å². The minimum absolute atomic E-state index is 0.0920. The summed E-state index contributed by atoms with van der Waals surface area (Å²) in [6, 6.07) is 5.97. The Hall–Kier alpha value is -2.94. The first-order valence-corrected chi connectivity index (χ1v) is 10.4. The molecule has 1 aromatic rings. The Morgan fingerprint density at radius 2 is 1.94 bits per heavy atom. The number of likely N-dealkylation sites (tertiary alicyclic amines) is 1. The summed E-state index contributed by atoms with van der Waals surface area (Å²) < 4.78 is 5.46. The molecule has 1 aliphatic rings. The van der Waals surface area contributed by atoms with Crippen LogP contribution in [0.4, 0.5) is 5.69 Å². The Bertz CT molecular complexity index is 833. The average molecular weight is 432 g/mol. The number of benzene rings is 1. The first-order valence-electron chi connectivity index (χ1n) is 10.4.